The zero-order chi connectivity index (χ0) is 20.6. The van der Waals surface area contributed by atoms with E-state index in [0.29, 0.717) is 31.6 Å². The van der Waals surface area contributed by atoms with Crippen molar-refractivity contribution in [1.29, 1.82) is 0 Å². The fraction of sp³-hybridized carbons (Fsp3) is 0.571. The second kappa shape index (κ2) is 8.16. The highest BCUT2D eigenvalue weighted by Crippen LogP contribution is 2.35. The van der Waals surface area contributed by atoms with Crippen LogP contribution in [0.2, 0.25) is 0 Å². The number of amides is 3. The molecule has 1 unspecified atom stereocenters. The van der Waals surface area contributed by atoms with Gasteiger partial charge in [0, 0.05) is 17.6 Å². The molecule has 0 radical (unpaired) electrons. The summed E-state index contributed by atoms with van der Waals surface area (Å²) < 4.78 is 0.824. The van der Waals surface area contributed by atoms with E-state index in [4.69, 9.17) is 5.73 Å². The summed E-state index contributed by atoms with van der Waals surface area (Å²) in [5, 5.41) is 0. The van der Waals surface area contributed by atoms with E-state index in [2.05, 4.69) is 25.7 Å². The lowest BCUT2D eigenvalue weighted by atomic mass is 9.83. The maximum Gasteiger partial charge on any atom is 0.251 e. The molecule has 29 heavy (non-hydrogen) atoms. The number of carbonyl (C=O) groups excluding carboxylic acids is 3. The molecule has 3 aliphatic rings. The standard InChI is InChI=1S/C21H27BrN4O3/c22-15-5-4-6-16(13-15)26-18(27)14-17(19(26)28)24-11-7-21(8-12-24,20(23)29)25-9-2-1-3-10-25/h4-6,13,17H,1-3,7-12,14H2,(H2,23,29). The van der Waals surface area contributed by atoms with Crippen molar-refractivity contribution in [1.82, 2.24) is 9.80 Å². The molecule has 0 aromatic heterocycles. The minimum Gasteiger partial charge on any atom is -0.368 e. The van der Waals surface area contributed by atoms with Gasteiger partial charge >= 0.3 is 0 Å². The largest absolute Gasteiger partial charge is 0.368 e. The van der Waals surface area contributed by atoms with Crippen LogP contribution in [0.1, 0.15) is 38.5 Å². The molecule has 0 saturated carbocycles. The molecule has 3 heterocycles. The highest BCUT2D eigenvalue weighted by molar-refractivity contribution is 9.10. The number of anilines is 1. The van der Waals surface area contributed by atoms with Gasteiger partial charge in [-0.2, -0.15) is 0 Å². The van der Waals surface area contributed by atoms with E-state index in [1.807, 2.05) is 12.1 Å². The number of hydrogen-bond donors (Lipinski definition) is 1. The highest BCUT2D eigenvalue weighted by Gasteiger charge is 2.49. The molecule has 1 atom stereocenters. The summed E-state index contributed by atoms with van der Waals surface area (Å²) in [6.45, 7) is 2.99. The number of hydrogen-bond acceptors (Lipinski definition) is 5. The first-order valence-electron chi connectivity index (χ1n) is 10.3. The van der Waals surface area contributed by atoms with E-state index in [1.165, 1.54) is 11.3 Å². The van der Waals surface area contributed by atoms with Crippen molar-refractivity contribution in [2.45, 2.75) is 50.1 Å². The van der Waals surface area contributed by atoms with E-state index in [1.54, 1.807) is 12.1 Å². The third-order valence-electron chi connectivity index (χ3n) is 6.68. The van der Waals surface area contributed by atoms with Gasteiger partial charge in [0.15, 0.2) is 0 Å². The number of likely N-dealkylation sites (tertiary alicyclic amines) is 2. The summed E-state index contributed by atoms with van der Waals surface area (Å²) in [6.07, 6.45) is 4.78. The molecule has 1 aromatic rings. The average Bonchev–Trinajstić information content (AvgIpc) is 3.02. The van der Waals surface area contributed by atoms with Crippen LogP contribution in [0.5, 0.6) is 0 Å². The Labute approximate surface area is 179 Å². The van der Waals surface area contributed by atoms with E-state index in [0.717, 1.165) is 30.4 Å². The Balaban J connectivity index is 1.47. The van der Waals surface area contributed by atoms with Gasteiger partial charge in [-0.1, -0.05) is 28.4 Å². The van der Waals surface area contributed by atoms with Crippen LogP contribution in [0.3, 0.4) is 0 Å². The van der Waals surface area contributed by atoms with Crippen molar-refractivity contribution in [3.05, 3.63) is 28.7 Å². The van der Waals surface area contributed by atoms with E-state index in [9.17, 15) is 14.4 Å². The molecule has 2 N–H and O–H groups in total. The number of nitrogens with zero attached hydrogens (tertiary/aromatic N) is 3. The minimum atomic E-state index is -0.618. The van der Waals surface area contributed by atoms with Gasteiger partial charge in [0.05, 0.1) is 18.2 Å². The third kappa shape index (κ3) is 3.73. The van der Waals surface area contributed by atoms with Gasteiger partial charge in [-0.3, -0.25) is 24.2 Å². The molecule has 3 saturated heterocycles. The predicted molar refractivity (Wildman–Crippen MR) is 113 cm³/mol. The molecule has 3 aliphatic heterocycles. The Bertz CT molecular complexity index is 816. The summed E-state index contributed by atoms with van der Waals surface area (Å²) in [5.74, 6) is -0.623. The lowest BCUT2D eigenvalue weighted by Crippen LogP contribution is -2.64. The second-order valence-electron chi connectivity index (χ2n) is 8.25. The fourth-order valence-electron chi connectivity index (χ4n) is 5.03. The van der Waals surface area contributed by atoms with Crippen LogP contribution < -0.4 is 10.6 Å². The third-order valence-corrected chi connectivity index (χ3v) is 7.17. The van der Waals surface area contributed by atoms with Crippen LogP contribution in [0.4, 0.5) is 5.69 Å². The molecule has 0 aliphatic carbocycles. The van der Waals surface area contributed by atoms with E-state index in [-0.39, 0.29) is 24.1 Å². The summed E-state index contributed by atoms with van der Waals surface area (Å²) >= 11 is 3.40. The minimum absolute atomic E-state index is 0.179. The van der Waals surface area contributed by atoms with Crippen molar-refractivity contribution < 1.29 is 14.4 Å². The number of rotatable bonds is 4. The Morgan fingerprint density at radius 2 is 1.76 bits per heavy atom. The van der Waals surface area contributed by atoms with Crippen LogP contribution in [0, 0.1) is 0 Å². The first kappa shape index (κ1) is 20.5. The fourth-order valence-corrected chi connectivity index (χ4v) is 5.42. The zero-order valence-electron chi connectivity index (χ0n) is 16.5. The molecule has 7 nitrogen and oxygen atoms in total. The van der Waals surface area contributed by atoms with Crippen LogP contribution in [-0.4, -0.2) is 65.3 Å². The molecule has 3 amide bonds. The number of nitrogens with two attached hydrogens (primary N) is 1. The molecule has 0 bridgehead atoms. The zero-order valence-corrected chi connectivity index (χ0v) is 18.1. The number of piperidine rings is 2. The number of primary amides is 1. The van der Waals surface area contributed by atoms with Crippen LogP contribution in [0.15, 0.2) is 28.7 Å². The molecule has 8 heteroatoms. The van der Waals surface area contributed by atoms with E-state index >= 15 is 0 Å². The Morgan fingerprint density at radius 3 is 2.38 bits per heavy atom. The van der Waals surface area contributed by atoms with Crippen molar-refractivity contribution in [3.8, 4) is 0 Å². The van der Waals surface area contributed by atoms with Gasteiger partial charge in [-0.25, -0.2) is 4.90 Å². The smallest absolute Gasteiger partial charge is 0.251 e. The van der Waals surface area contributed by atoms with Gasteiger partial charge in [-0.15, -0.1) is 0 Å². The molecular formula is C21H27BrN4O3. The van der Waals surface area contributed by atoms with E-state index < -0.39 is 11.6 Å². The summed E-state index contributed by atoms with van der Waals surface area (Å²) in [6, 6.07) is 6.76. The van der Waals surface area contributed by atoms with Crippen molar-refractivity contribution in [2.24, 2.45) is 5.73 Å². The lowest BCUT2D eigenvalue weighted by Gasteiger charge is -2.48. The average molecular weight is 463 g/mol. The normalized spacial score (nSPS) is 26.1. The van der Waals surface area contributed by atoms with Crippen molar-refractivity contribution in [2.75, 3.05) is 31.1 Å². The summed E-state index contributed by atoms with van der Waals surface area (Å²) in [7, 11) is 0. The molecule has 0 spiro atoms. The Morgan fingerprint density at radius 1 is 1.07 bits per heavy atom. The molecular weight excluding hydrogens is 436 g/mol. The topological polar surface area (TPSA) is 87.0 Å². The summed E-state index contributed by atoms with van der Waals surface area (Å²) in [5.41, 5.74) is 5.83. The SMILES string of the molecule is NC(=O)C1(N2CCCCC2)CCN(C2CC(=O)N(c3cccc(Br)c3)C2=O)CC1. The van der Waals surface area contributed by atoms with Gasteiger partial charge in [0.1, 0.15) is 5.54 Å². The van der Waals surface area contributed by atoms with Crippen molar-refractivity contribution in [3.63, 3.8) is 0 Å². The van der Waals surface area contributed by atoms with Gasteiger partial charge < -0.3 is 5.73 Å². The predicted octanol–water partition coefficient (Wildman–Crippen LogP) is 1.89. The maximum atomic E-state index is 13.1. The maximum absolute atomic E-state index is 13.1. The lowest BCUT2D eigenvalue weighted by molar-refractivity contribution is -0.136. The molecule has 3 fully saturated rings. The van der Waals surface area contributed by atoms with Gasteiger partial charge in [0.2, 0.25) is 11.8 Å². The monoisotopic (exact) mass is 462 g/mol. The van der Waals surface area contributed by atoms with Crippen LogP contribution >= 0.6 is 15.9 Å². The van der Waals surface area contributed by atoms with Gasteiger partial charge in [-0.05, 0) is 57.0 Å². The number of halogens is 1. The first-order valence-corrected chi connectivity index (χ1v) is 11.1. The number of imide groups is 1. The Kier molecular flexibility index (Phi) is 5.77. The van der Waals surface area contributed by atoms with Crippen LogP contribution in [0.25, 0.3) is 0 Å². The Hall–Kier alpha value is -1.77. The quantitative estimate of drug-likeness (QED) is 0.690. The van der Waals surface area contributed by atoms with Crippen LogP contribution in [-0.2, 0) is 14.4 Å². The summed E-state index contributed by atoms with van der Waals surface area (Å²) in [4.78, 5) is 43.7. The van der Waals surface area contributed by atoms with Crippen molar-refractivity contribution >= 4 is 39.3 Å². The highest BCUT2D eigenvalue weighted by atomic mass is 79.9. The second-order valence-corrected chi connectivity index (χ2v) is 9.16. The first-order chi connectivity index (χ1) is 13.9. The molecule has 156 valence electrons. The molecule has 1 aromatic carbocycles. The number of carbonyl (C=O) groups is 3. The molecule has 4 rings (SSSR count). The number of benzene rings is 1. The van der Waals surface area contributed by atoms with Gasteiger partial charge in [0.25, 0.3) is 5.91 Å².